The molecule has 0 unspecified atom stereocenters. The first-order valence-corrected chi connectivity index (χ1v) is 6.78. The van der Waals surface area contributed by atoms with Gasteiger partial charge < -0.3 is 14.9 Å². The van der Waals surface area contributed by atoms with Crippen LogP contribution in [0.4, 0.5) is 0 Å². The maximum Gasteiger partial charge on any atom is 0.200 e. The van der Waals surface area contributed by atoms with Crippen molar-refractivity contribution in [3.8, 4) is 17.2 Å². The molecule has 0 heterocycles. The molecule has 110 valence electrons. The summed E-state index contributed by atoms with van der Waals surface area (Å²) in [6.45, 7) is 0. The molecule has 0 radical (unpaired) electrons. The Balaban J connectivity index is 2.58. The summed E-state index contributed by atoms with van der Waals surface area (Å²) < 4.78 is 4.93. The maximum absolute atomic E-state index is 12.4. The highest BCUT2D eigenvalue weighted by molar-refractivity contribution is 6.37. The number of carbonyl (C=O) groups is 1. The lowest BCUT2D eigenvalue weighted by Gasteiger charge is -2.10. The van der Waals surface area contributed by atoms with Gasteiger partial charge in [-0.25, -0.2) is 0 Å². The molecule has 0 aliphatic rings. The topological polar surface area (TPSA) is 66.8 Å². The largest absolute Gasteiger partial charge is 0.506 e. The molecule has 2 aromatic carbocycles. The van der Waals surface area contributed by atoms with E-state index in [2.05, 4.69) is 0 Å². The number of phenols is 2. The van der Waals surface area contributed by atoms with Gasteiger partial charge in [0.05, 0.1) is 23.3 Å². The summed E-state index contributed by atoms with van der Waals surface area (Å²) in [6, 6.07) is 5.31. The Bertz CT molecular complexity index is 729. The van der Waals surface area contributed by atoms with Crippen LogP contribution in [0.15, 0.2) is 24.3 Å². The van der Waals surface area contributed by atoms with Gasteiger partial charge in [0.25, 0.3) is 0 Å². The van der Waals surface area contributed by atoms with Crippen LogP contribution in [0.1, 0.15) is 15.9 Å². The van der Waals surface area contributed by atoms with Crippen molar-refractivity contribution < 1.29 is 19.7 Å². The molecule has 0 spiro atoms. The second-order valence-electron chi connectivity index (χ2n) is 4.09. The lowest BCUT2D eigenvalue weighted by atomic mass is 10.0. The molecule has 0 aliphatic heterocycles. The van der Waals surface area contributed by atoms with Crippen molar-refractivity contribution in [2.75, 3.05) is 7.11 Å². The van der Waals surface area contributed by atoms with Crippen molar-refractivity contribution in [3.05, 3.63) is 50.5 Å². The molecule has 2 N–H and O–H groups in total. The maximum atomic E-state index is 12.4. The van der Waals surface area contributed by atoms with E-state index < -0.39 is 17.3 Å². The van der Waals surface area contributed by atoms with Crippen molar-refractivity contribution in [2.24, 2.45) is 0 Å². The third kappa shape index (κ3) is 2.88. The Morgan fingerprint density at radius 2 is 1.71 bits per heavy atom. The van der Waals surface area contributed by atoms with E-state index in [4.69, 9.17) is 39.5 Å². The first kappa shape index (κ1) is 15.8. The number of aromatic hydroxyl groups is 2. The molecule has 0 bridgehead atoms. The standard InChI is InChI=1S/C14H9Cl3O4/c1-21-10-3-2-7(14(20)11(10)17)12(18)8-4-6(15)5-9(16)13(8)19/h2-5,19-20H,1H3. The molecule has 2 rings (SSSR count). The van der Waals surface area contributed by atoms with Gasteiger partial charge in [0.2, 0.25) is 5.78 Å². The minimum atomic E-state index is -0.668. The highest BCUT2D eigenvalue weighted by Gasteiger charge is 2.22. The molecule has 4 nitrogen and oxygen atoms in total. The van der Waals surface area contributed by atoms with Gasteiger partial charge in [-0.2, -0.15) is 0 Å². The van der Waals surface area contributed by atoms with Crippen LogP contribution < -0.4 is 4.74 Å². The molecule has 0 aliphatic carbocycles. The summed E-state index contributed by atoms with van der Waals surface area (Å²) in [6.07, 6.45) is 0. The number of ether oxygens (including phenoxy) is 1. The number of hydrogen-bond donors (Lipinski definition) is 2. The number of carbonyl (C=O) groups excluding carboxylic acids is 1. The Morgan fingerprint density at radius 3 is 2.33 bits per heavy atom. The van der Waals surface area contributed by atoms with Crippen molar-refractivity contribution >= 4 is 40.6 Å². The van der Waals surface area contributed by atoms with Crippen molar-refractivity contribution in [2.45, 2.75) is 0 Å². The number of methoxy groups -OCH3 is 1. The fourth-order valence-corrected chi connectivity index (χ4v) is 2.51. The molecule has 0 saturated heterocycles. The predicted octanol–water partition coefficient (Wildman–Crippen LogP) is 4.30. The average Bonchev–Trinajstić information content (AvgIpc) is 2.45. The minimum Gasteiger partial charge on any atom is -0.506 e. The quantitative estimate of drug-likeness (QED) is 0.813. The molecule has 0 saturated carbocycles. The lowest BCUT2D eigenvalue weighted by Crippen LogP contribution is -2.03. The summed E-state index contributed by atoms with van der Waals surface area (Å²) >= 11 is 17.5. The number of phenolic OH excluding ortho intramolecular Hbond substituents is 2. The van der Waals surface area contributed by atoms with Crippen LogP contribution in [0.2, 0.25) is 15.1 Å². The van der Waals surface area contributed by atoms with E-state index >= 15 is 0 Å². The third-order valence-corrected chi connectivity index (χ3v) is 3.69. The van der Waals surface area contributed by atoms with E-state index in [0.717, 1.165) is 0 Å². The summed E-state index contributed by atoms with van der Waals surface area (Å²) in [4.78, 5) is 12.4. The fraction of sp³-hybridized carbons (Fsp3) is 0.0714. The molecular formula is C14H9Cl3O4. The molecule has 0 amide bonds. The predicted molar refractivity (Wildman–Crippen MR) is 81.2 cm³/mol. The van der Waals surface area contributed by atoms with E-state index in [0.29, 0.717) is 0 Å². The van der Waals surface area contributed by atoms with Gasteiger partial charge >= 0.3 is 0 Å². The number of benzene rings is 2. The van der Waals surface area contributed by atoms with E-state index in [9.17, 15) is 15.0 Å². The summed E-state index contributed by atoms with van der Waals surface area (Å²) in [5.74, 6) is -1.31. The average molecular weight is 348 g/mol. The monoisotopic (exact) mass is 346 g/mol. The van der Waals surface area contributed by atoms with Gasteiger partial charge in [0.15, 0.2) is 0 Å². The molecule has 0 atom stereocenters. The SMILES string of the molecule is COc1ccc(C(=O)c2cc(Cl)cc(Cl)c2O)c(O)c1Cl. The second-order valence-corrected chi connectivity index (χ2v) is 5.31. The van der Waals surface area contributed by atoms with Crippen LogP contribution in [0.5, 0.6) is 17.2 Å². The number of hydrogen-bond acceptors (Lipinski definition) is 4. The first-order chi connectivity index (χ1) is 9.86. The van der Waals surface area contributed by atoms with Gasteiger partial charge in [0.1, 0.15) is 22.3 Å². The molecule has 0 aromatic heterocycles. The molecule has 7 heteroatoms. The van der Waals surface area contributed by atoms with Gasteiger partial charge in [-0.15, -0.1) is 0 Å². The molecular weight excluding hydrogens is 339 g/mol. The first-order valence-electron chi connectivity index (χ1n) is 5.65. The summed E-state index contributed by atoms with van der Waals surface area (Å²) in [5.41, 5.74) is -0.238. The Hall–Kier alpha value is -1.62. The second kappa shape index (κ2) is 6.02. The fourth-order valence-electron chi connectivity index (χ4n) is 1.77. The lowest BCUT2D eigenvalue weighted by molar-refractivity contribution is 0.103. The molecule has 2 aromatic rings. The van der Waals surface area contributed by atoms with Crippen LogP contribution in [-0.2, 0) is 0 Å². The van der Waals surface area contributed by atoms with Crippen molar-refractivity contribution in [1.82, 2.24) is 0 Å². The summed E-state index contributed by atoms with van der Waals surface area (Å²) in [5, 5.41) is 19.9. The van der Waals surface area contributed by atoms with E-state index in [-0.39, 0.29) is 31.9 Å². The van der Waals surface area contributed by atoms with Gasteiger partial charge in [-0.3, -0.25) is 4.79 Å². The number of rotatable bonds is 3. The number of ketones is 1. The highest BCUT2D eigenvalue weighted by Crippen LogP contribution is 2.39. The van der Waals surface area contributed by atoms with Crippen LogP contribution in [0.25, 0.3) is 0 Å². The van der Waals surface area contributed by atoms with Crippen LogP contribution in [0.3, 0.4) is 0 Å². The van der Waals surface area contributed by atoms with Crippen LogP contribution >= 0.6 is 34.8 Å². The Labute approximate surface area is 135 Å². The smallest absolute Gasteiger partial charge is 0.200 e. The van der Waals surface area contributed by atoms with Gasteiger partial charge in [0, 0.05) is 5.02 Å². The van der Waals surface area contributed by atoms with Crippen molar-refractivity contribution in [1.29, 1.82) is 0 Å². The highest BCUT2D eigenvalue weighted by atomic mass is 35.5. The number of halogens is 3. The Morgan fingerprint density at radius 1 is 1.05 bits per heavy atom. The zero-order valence-corrected chi connectivity index (χ0v) is 12.9. The van der Waals surface area contributed by atoms with Crippen LogP contribution in [-0.4, -0.2) is 23.1 Å². The van der Waals surface area contributed by atoms with E-state index in [1.165, 1.54) is 31.4 Å². The van der Waals surface area contributed by atoms with Crippen LogP contribution in [0, 0.1) is 0 Å². The normalized spacial score (nSPS) is 10.5. The van der Waals surface area contributed by atoms with Gasteiger partial charge in [-0.05, 0) is 24.3 Å². The summed E-state index contributed by atoms with van der Waals surface area (Å²) in [7, 11) is 1.38. The minimum absolute atomic E-state index is 0.0649. The molecule has 21 heavy (non-hydrogen) atoms. The zero-order chi connectivity index (χ0) is 15.7. The van der Waals surface area contributed by atoms with E-state index in [1.54, 1.807) is 0 Å². The van der Waals surface area contributed by atoms with Gasteiger partial charge in [-0.1, -0.05) is 34.8 Å². The van der Waals surface area contributed by atoms with E-state index in [1.807, 2.05) is 0 Å². The Kier molecular flexibility index (Phi) is 4.52. The molecule has 0 fully saturated rings. The third-order valence-electron chi connectivity index (χ3n) is 2.82. The zero-order valence-electron chi connectivity index (χ0n) is 10.7. The van der Waals surface area contributed by atoms with Crippen molar-refractivity contribution in [3.63, 3.8) is 0 Å².